The number of benzene rings is 2. The van der Waals surface area contributed by atoms with Crippen LogP contribution in [0.3, 0.4) is 0 Å². The van der Waals surface area contributed by atoms with Crippen LogP contribution >= 0.6 is 11.6 Å². The minimum atomic E-state index is 0.0766. The van der Waals surface area contributed by atoms with Crippen LogP contribution in [-0.4, -0.2) is 64.9 Å². The van der Waals surface area contributed by atoms with E-state index in [0.717, 1.165) is 75.4 Å². The minimum absolute atomic E-state index is 0.0766. The molecule has 0 saturated carbocycles. The molecule has 2 aliphatic rings. The lowest BCUT2D eigenvalue weighted by atomic mass is 10.2. The molecule has 2 aliphatic heterocycles. The largest absolute Gasteiger partial charge is 0.370 e. The lowest BCUT2D eigenvalue weighted by molar-refractivity contribution is -0.921. The molecule has 0 bridgehead atoms. The number of ether oxygens (including phenoxy) is 1. The second-order valence-corrected chi connectivity index (χ2v) is 8.61. The molecule has 3 N–H and O–H groups in total. The highest BCUT2D eigenvalue weighted by Gasteiger charge is 2.22. The lowest BCUT2D eigenvalue weighted by Gasteiger charge is -2.33. The molecule has 0 atom stereocenters. The zero-order valence-corrected chi connectivity index (χ0v) is 18.1. The first-order valence-electron chi connectivity index (χ1n) is 10.8. The number of nitrogens with one attached hydrogen (secondary N) is 3. The number of hydrogen-bond acceptors (Lipinski definition) is 3. The van der Waals surface area contributed by atoms with Crippen LogP contribution in [0.2, 0.25) is 5.02 Å². The second kappa shape index (κ2) is 10.3. The maximum atomic E-state index is 12.5. The number of quaternary nitrogens is 2. The number of amides is 1. The lowest BCUT2D eigenvalue weighted by Crippen LogP contribution is -3.15. The molecule has 0 spiro atoms. The molecule has 2 heterocycles. The zero-order valence-electron chi connectivity index (χ0n) is 17.3. The summed E-state index contributed by atoms with van der Waals surface area (Å²) in [4.78, 5) is 17.7. The molecule has 2 fully saturated rings. The maximum Gasteiger partial charge on any atom is 0.279 e. The SMILES string of the molecule is O=C(C[NH+]1CCN(c2cccc(Cl)c2)CC1)Nc1ccc(C[NH+]2CCOCC2)cc1. The van der Waals surface area contributed by atoms with Crippen LogP contribution in [0.5, 0.6) is 0 Å². The number of carbonyl (C=O) groups is 1. The van der Waals surface area contributed by atoms with E-state index in [0.29, 0.717) is 6.54 Å². The Morgan fingerprint density at radius 3 is 2.43 bits per heavy atom. The number of morpholine rings is 1. The van der Waals surface area contributed by atoms with Gasteiger partial charge < -0.3 is 24.8 Å². The van der Waals surface area contributed by atoms with Crippen LogP contribution in [0, 0.1) is 0 Å². The van der Waals surface area contributed by atoms with Crippen molar-refractivity contribution in [2.75, 3.05) is 69.2 Å². The summed E-state index contributed by atoms with van der Waals surface area (Å²) < 4.78 is 5.42. The van der Waals surface area contributed by atoms with Gasteiger partial charge in [0.1, 0.15) is 19.6 Å². The van der Waals surface area contributed by atoms with Gasteiger partial charge in [-0.1, -0.05) is 29.8 Å². The minimum Gasteiger partial charge on any atom is -0.370 e. The summed E-state index contributed by atoms with van der Waals surface area (Å²) in [7, 11) is 0. The van der Waals surface area contributed by atoms with Crippen LogP contribution in [0.15, 0.2) is 48.5 Å². The first-order valence-corrected chi connectivity index (χ1v) is 11.2. The normalized spacial score (nSPS) is 18.4. The molecule has 6 nitrogen and oxygen atoms in total. The molecule has 1 amide bonds. The number of carbonyl (C=O) groups excluding carboxylic acids is 1. The molecule has 7 heteroatoms. The Hall–Kier alpha value is -2.12. The Morgan fingerprint density at radius 1 is 1.00 bits per heavy atom. The van der Waals surface area contributed by atoms with Gasteiger partial charge in [-0.05, 0) is 30.3 Å². The van der Waals surface area contributed by atoms with E-state index in [1.807, 2.05) is 30.3 Å². The summed E-state index contributed by atoms with van der Waals surface area (Å²) in [5.74, 6) is 0.0766. The Balaban J connectivity index is 1.21. The Kier molecular flexibility index (Phi) is 7.23. The molecule has 0 aromatic heterocycles. The van der Waals surface area contributed by atoms with Gasteiger partial charge in [-0.25, -0.2) is 0 Å². The zero-order chi connectivity index (χ0) is 20.8. The fraction of sp³-hybridized carbons (Fsp3) is 0.435. The van der Waals surface area contributed by atoms with Crippen molar-refractivity contribution in [2.45, 2.75) is 6.54 Å². The van der Waals surface area contributed by atoms with E-state index < -0.39 is 0 Å². The van der Waals surface area contributed by atoms with E-state index in [-0.39, 0.29) is 5.91 Å². The van der Waals surface area contributed by atoms with E-state index >= 15 is 0 Å². The van der Waals surface area contributed by atoms with Crippen molar-refractivity contribution in [3.63, 3.8) is 0 Å². The predicted octanol–water partition coefficient (Wildman–Crippen LogP) is 0.0987. The van der Waals surface area contributed by atoms with Crippen molar-refractivity contribution in [1.82, 2.24) is 0 Å². The van der Waals surface area contributed by atoms with Gasteiger partial charge in [-0.3, -0.25) is 4.79 Å². The fourth-order valence-corrected chi connectivity index (χ4v) is 4.38. The van der Waals surface area contributed by atoms with Gasteiger partial charge in [0, 0.05) is 22.0 Å². The van der Waals surface area contributed by atoms with Crippen molar-refractivity contribution in [3.05, 3.63) is 59.1 Å². The van der Waals surface area contributed by atoms with Crippen molar-refractivity contribution in [1.29, 1.82) is 0 Å². The highest BCUT2D eigenvalue weighted by Crippen LogP contribution is 2.19. The average molecular weight is 431 g/mol. The van der Waals surface area contributed by atoms with Crippen LogP contribution in [0.1, 0.15) is 5.56 Å². The van der Waals surface area contributed by atoms with Gasteiger partial charge in [0.25, 0.3) is 5.91 Å². The van der Waals surface area contributed by atoms with Gasteiger partial charge >= 0.3 is 0 Å². The molecule has 0 unspecified atom stereocenters. The van der Waals surface area contributed by atoms with Gasteiger partial charge in [0.15, 0.2) is 6.54 Å². The summed E-state index contributed by atoms with van der Waals surface area (Å²) in [6.07, 6.45) is 0. The smallest absolute Gasteiger partial charge is 0.279 e. The molecular formula is C23H31ClN4O2+2. The van der Waals surface area contributed by atoms with E-state index in [1.54, 1.807) is 4.90 Å². The summed E-state index contributed by atoms with van der Waals surface area (Å²) in [5, 5.41) is 3.82. The molecule has 2 aromatic rings. The van der Waals surface area contributed by atoms with E-state index in [4.69, 9.17) is 16.3 Å². The first-order chi connectivity index (χ1) is 14.7. The van der Waals surface area contributed by atoms with Gasteiger partial charge in [0.05, 0.1) is 39.4 Å². The summed E-state index contributed by atoms with van der Waals surface area (Å²) in [5.41, 5.74) is 3.33. The molecule has 160 valence electrons. The molecule has 2 aromatic carbocycles. The van der Waals surface area contributed by atoms with Crippen LogP contribution < -0.4 is 20.0 Å². The monoisotopic (exact) mass is 430 g/mol. The third-order valence-electron chi connectivity index (χ3n) is 5.95. The standard InChI is InChI=1S/C23H29ClN4O2/c24-20-2-1-3-22(16-20)28-10-8-26(9-11-28)18-23(29)25-21-6-4-19(5-7-21)17-27-12-14-30-15-13-27/h1-7,16H,8-15,17-18H2,(H,25,29)/p+2. The highest BCUT2D eigenvalue weighted by atomic mass is 35.5. The van der Waals surface area contributed by atoms with Crippen LogP contribution in [0.25, 0.3) is 0 Å². The van der Waals surface area contributed by atoms with Gasteiger partial charge in [-0.15, -0.1) is 0 Å². The van der Waals surface area contributed by atoms with Crippen molar-refractivity contribution in [2.24, 2.45) is 0 Å². The van der Waals surface area contributed by atoms with Gasteiger partial charge in [0.2, 0.25) is 0 Å². The highest BCUT2D eigenvalue weighted by molar-refractivity contribution is 6.30. The number of halogens is 1. The topological polar surface area (TPSA) is 50.5 Å². The summed E-state index contributed by atoms with van der Waals surface area (Å²) in [6.45, 7) is 9.09. The van der Waals surface area contributed by atoms with Gasteiger partial charge in [-0.2, -0.15) is 0 Å². The number of piperazine rings is 1. The quantitative estimate of drug-likeness (QED) is 0.609. The van der Waals surface area contributed by atoms with Crippen LogP contribution in [-0.2, 0) is 16.1 Å². The Labute approximate surface area is 183 Å². The number of hydrogen-bond donors (Lipinski definition) is 3. The number of rotatable bonds is 6. The predicted molar refractivity (Wildman–Crippen MR) is 120 cm³/mol. The second-order valence-electron chi connectivity index (χ2n) is 8.18. The summed E-state index contributed by atoms with van der Waals surface area (Å²) in [6, 6.07) is 16.2. The molecular weight excluding hydrogens is 400 g/mol. The Bertz CT molecular complexity index is 831. The molecule has 0 aliphatic carbocycles. The number of nitrogens with zero attached hydrogens (tertiary/aromatic N) is 1. The van der Waals surface area contributed by atoms with Crippen molar-refractivity contribution >= 4 is 28.9 Å². The summed E-state index contributed by atoms with van der Waals surface area (Å²) >= 11 is 6.11. The van der Waals surface area contributed by atoms with Crippen molar-refractivity contribution in [3.8, 4) is 0 Å². The molecule has 30 heavy (non-hydrogen) atoms. The van der Waals surface area contributed by atoms with Crippen molar-refractivity contribution < 1.29 is 19.3 Å². The fourth-order valence-electron chi connectivity index (χ4n) is 4.19. The maximum absolute atomic E-state index is 12.5. The first kappa shape index (κ1) is 21.1. The number of anilines is 2. The molecule has 0 radical (unpaired) electrons. The van der Waals surface area contributed by atoms with E-state index in [9.17, 15) is 4.79 Å². The molecule has 2 saturated heterocycles. The molecule has 4 rings (SSSR count). The van der Waals surface area contributed by atoms with E-state index in [2.05, 4.69) is 28.4 Å². The van der Waals surface area contributed by atoms with Crippen LogP contribution in [0.4, 0.5) is 11.4 Å². The average Bonchev–Trinajstić information content (AvgIpc) is 2.76. The third kappa shape index (κ3) is 5.95. The van der Waals surface area contributed by atoms with E-state index in [1.165, 1.54) is 10.5 Å². The third-order valence-corrected chi connectivity index (χ3v) is 6.18. The Morgan fingerprint density at radius 2 is 1.73 bits per heavy atom.